The van der Waals surface area contributed by atoms with Gasteiger partial charge in [0.1, 0.15) is 11.6 Å². The predicted octanol–water partition coefficient (Wildman–Crippen LogP) is 4.24. The smallest absolute Gasteiger partial charge is 0.123 e. The summed E-state index contributed by atoms with van der Waals surface area (Å²) < 4.78 is 19.9. The van der Waals surface area contributed by atoms with Crippen molar-refractivity contribution < 1.29 is 9.13 Å². The molecule has 5 heteroatoms. The average molecular weight is 410 g/mol. The SMILES string of the molecule is CN1CCC(N2Cc3cc(F)ccc3CN(Cc3ccc(OC4CC4)cc3)C2)CC1. The van der Waals surface area contributed by atoms with Crippen molar-refractivity contribution >= 4 is 0 Å². The Balaban J connectivity index is 1.33. The third kappa shape index (κ3) is 4.85. The molecule has 1 aliphatic carbocycles. The lowest BCUT2D eigenvalue weighted by atomic mass is 10.0. The van der Waals surface area contributed by atoms with Gasteiger partial charge in [0.25, 0.3) is 0 Å². The molecule has 2 aromatic carbocycles. The summed E-state index contributed by atoms with van der Waals surface area (Å²) in [4.78, 5) is 7.48. The highest BCUT2D eigenvalue weighted by molar-refractivity contribution is 5.30. The van der Waals surface area contributed by atoms with Crippen LogP contribution >= 0.6 is 0 Å². The van der Waals surface area contributed by atoms with E-state index in [9.17, 15) is 4.39 Å². The Kier molecular flexibility index (Phi) is 5.77. The molecule has 3 aliphatic rings. The van der Waals surface area contributed by atoms with E-state index >= 15 is 0 Å². The quantitative estimate of drug-likeness (QED) is 0.735. The molecule has 1 saturated heterocycles. The van der Waals surface area contributed by atoms with E-state index in [0.29, 0.717) is 12.1 Å². The molecular formula is C25H32FN3O. The van der Waals surface area contributed by atoms with Crippen LogP contribution in [0, 0.1) is 5.82 Å². The topological polar surface area (TPSA) is 19.0 Å². The Labute approximate surface area is 179 Å². The van der Waals surface area contributed by atoms with Gasteiger partial charge in [-0.05, 0) is 86.8 Å². The number of likely N-dealkylation sites (tertiary alicyclic amines) is 1. The van der Waals surface area contributed by atoms with Gasteiger partial charge in [0.2, 0.25) is 0 Å². The molecule has 2 fully saturated rings. The molecule has 0 spiro atoms. The largest absolute Gasteiger partial charge is 0.490 e. The number of fused-ring (bicyclic) bond motifs is 1. The van der Waals surface area contributed by atoms with E-state index < -0.39 is 0 Å². The van der Waals surface area contributed by atoms with Crippen LogP contribution in [-0.2, 0) is 19.6 Å². The molecule has 0 radical (unpaired) electrons. The van der Waals surface area contributed by atoms with Gasteiger partial charge in [-0.2, -0.15) is 0 Å². The predicted molar refractivity (Wildman–Crippen MR) is 117 cm³/mol. The maximum absolute atomic E-state index is 14.0. The Bertz CT molecular complexity index is 859. The molecule has 2 aromatic rings. The molecule has 0 unspecified atom stereocenters. The summed E-state index contributed by atoms with van der Waals surface area (Å²) >= 11 is 0. The van der Waals surface area contributed by atoms with Gasteiger partial charge >= 0.3 is 0 Å². The van der Waals surface area contributed by atoms with Crippen molar-refractivity contribution in [1.29, 1.82) is 0 Å². The van der Waals surface area contributed by atoms with Gasteiger partial charge in [0.05, 0.1) is 12.8 Å². The number of nitrogens with zero attached hydrogens (tertiary/aromatic N) is 3. The normalized spacial score (nSPS) is 21.9. The zero-order valence-corrected chi connectivity index (χ0v) is 17.9. The minimum absolute atomic E-state index is 0.128. The van der Waals surface area contributed by atoms with E-state index in [2.05, 4.69) is 46.0 Å². The lowest BCUT2D eigenvalue weighted by Gasteiger charge is -2.38. The summed E-state index contributed by atoms with van der Waals surface area (Å²) in [6.45, 7) is 5.79. The molecule has 5 rings (SSSR count). The van der Waals surface area contributed by atoms with Crippen LogP contribution in [0.15, 0.2) is 42.5 Å². The van der Waals surface area contributed by atoms with Gasteiger partial charge in [-0.25, -0.2) is 4.39 Å². The minimum Gasteiger partial charge on any atom is -0.490 e. The van der Waals surface area contributed by atoms with Gasteiger partial charge in [-0.3, -0.25) is 9.80 Å². The summed E-state index contributed by atoms with van der Waals surface area (Å²) in [5, 5.41) is 0. The number of piperidine rings is 1. The van der Waals surface area contributed by atoms with Gasteiger partial charge < -0.3 is 9.64 Å². The van der Waals surface area contributed by atoms with Gasteiger partial charge in [-0.15, -0.1) is 0 Å². The number of benzene rings is 2. The molecule has 2 heterocycles. The van der Waals surface area contributed by atoms with Gasteiger partial charge in [0, 0.05) is 25.7 Å². The van der Waals surface area contributed by atoms with Crippen LogP contribution in [0.3, 0.4) is 0 Å². The zero-order chi connectivity index (χ0) is 20.5. The Morgan fingerprint density at radius 2 is 1.70 bits per heavy atom. The van der Waals surface area contributed by atoms with Crippen LogP contribution in [-0.4, -0.2) is 53.7 Å². The first kappa shape index (κ1) is 20.0. The van der Waals surface area contributed by atoms with Crippen LogP contribution in [0.25, 0.3) is 0 Å². The maximum Gasteiger partial charge on any atom is 0.123 e. The molecule has 0 atom stereocenters. The Hall–Kier alpha value is -1.95. The third-order valence-corrected chi connectivity index (χ3v) is 6.68. The highest BCUT2D eigenvalue weighted by Crippen LogP contribution is 2.28. The first-order valence-corrected chi connectivity index (χ1v) is 11.3. The third-order valence-electron chi connectivity index (χ3n) is 6.68. The van der Waals surface area contributed by atoms with E-state index in [4.69, 9.17) is 4.74 Å². The van der Waals surface area contributed by atoms with Crippen molar-refractivity contribution in [2.45, 2.75) is 57.5 Å². The fourth-order valence-electron chi connectivity index (χ4n) is 4.73. The highest BCUT2D eigenvalue weighted by atomic mass is 19.1. The molecule has 0 N–H and O–H groups in total. The number of hydrogen-bond donors (Lipinski definition) is 0. The number of rotatable bonds is 5. The van der Waals surface area contributed by atoms with Crippen LogP contribution < -0.4 is 4.74 Å². The summed E-state index contributed by atoms with van der Waals surface area (Å²) in [5.74, 6) is 0.850. The zero-order valence-electron chi connectivity index (χ0n) is 17.9. The van der Waals surface area contributed by atoms with E-state index in [1.165, 1.54) is 36.8 Å². The fourth-order valence-corrected chi connectivity index (χ4v) is 4.73. The summed E-state index contributed by atoms with van der Waals surface area (Å²) in [6, 6.07) is 14.5. The molecule has 0 amide bonds. The van der Waals surface area contributed by atoms with Crippen molar-refractivity contribution in [2.24, 2.45) is 0 Å². The highest BCUT2D eigenvalue weighted by Gasteiger charge is 2.28. The van der Waals surface area contributed by atoms with Crippen LogP contribution in [0.2, 0.25) is 0 Å². The molecule has 0 bridgehead atoms. The Morgan fingerprint density at radius 3 is 2.43 bits per heavy atom. The molecule has 0 aromatic heterocycles. The number of ether oxygens (including phenoxy) is 1. The van der Waals surface area contributed by atoms with Crippen LogP contribution in [0.5, 0.6) is 5.75 Å². The van der Waals surface area contributed by atoms with Crippen molar-refractivity contribution in [3.8, 4) is 5.75 Å². The average Bonchev–Trinajstić information content (AvgIpc) is 3.56. The minimum atomic E-state index is -0.128. The summed E-state index contributed by atoms with van der Waals surface area (Å²) in [5.41, 5.74) is 3.69. The first-order valence-electron chi connectivity index (χ1n) is 11.3. The number of hydrogen-bond acceptors (Lipinski definition) is 4. The fraction of sp³-hybridized carbons (Fsp3) is 0.520. The second-order valence-electron chi connectivity index (χ2n) is 9.28. The second kappa shape index (κ2) is 8.66. The van der Waals surface area contributed by atoms with Crippen LogP contribution in [0.1, 0.15) is 42.4 Å². The van der Waals surface area contributed by atoms with Gasteiger partial charge in [0.15, 0.2) is 0 Å². The number of halogens is 1. The molecule has 2 aliphatic heterocycles. The molecule has 4 nitrogen and oxygen atoms in total. The van der Waals surface area contributed by atoms with Crippen molar-refractivity contribution in [2.75, 3.05) is 26.8 Å². The maximum atomic E-state index is 14.0. The van der Waals surface area contributed by atoms with E-state index in [-0.39, 0.29) is 5.82 Å². The Morgan fingerprint density at radius 1 is 0.933 bits per heavy atom. The monoisotopic (exact) mass is 409 g/mol. The first-order chi connectivity index (χ1) is 14.6. The van der Waals surface area contributed by atoms with Crippen molar-refractivity contribution in [1.82, 2.24) is 14.7 Å². The van der Waals surface area contributed by atoms with Crippen molar-refractivity contribution in [3.05, 3.63) is 65.0 Å². The standard InChI is InChI=1S/C25H32FN3O/c1-27-12-10-23(11-13-27)29-17-21-14-22(26)5-4-20(21)16-28(18-29)15-19-2-6-24(7-3-19)30-25-8-9-25/h2-7,14,23,25H,8-13,15-18H2,1H3. The lowest BCUT2D eigenvalue weighted by Crippen LogP contribution is -2.46. The summed E-state index contributed by atoms with van der Waals surface area (Å²) in [7, 11) is 2.20. The molecule has 160 valence electrons. The molecule has 30 heavy (non-hydrogen) atoms. The second-order valence-corrected chi connectivity index (χ2v) is 9.28. The van der Waals surface area contributed by atoms with E-state index in [1.807, 2.05) is 6.07 Å². The summed E-state index contributed by atoms with van der Waals surface area (Å²) in [6.07, 6.45) is 5.16. The van der Waals surface area contributed by atoms with E-state index in [0.717, 1.165) is 50.7 Å². The van der Waals surface area contributed by atoms with Gasteiger partial charge in [-0.1, -0.05) is 18.2 Å². The van der Waals surface area contributed by atoms with E-state index in [1.54, 1.807) is 12.1 Å². The van der Waals surface area contributed by atoms with Crippen molar-refractivity contribution in [3.63, 3.8) is 0 Å². The molecular weight excluding hydrogens is 377 g/mol. The molecule has 1 saturated carbocycles. The van der Waals surface area contributed by atoms with Crippen LogP contribution in [0.4, 0.5) is 4.39 Å². The lowest BCUT2D eigenvalue weighted by molar-refractivity contribution is 0.0540.